The minimum Gasteiger partial charge on any atom is -0.472 e. The molecule has 1 heterocycles. The van der Waals surface area contributed by atoms with Gasteiger partial charge in [0, 0.05) is 5.56 Å². The molecule has 2 aromatic rings. The second kappa shape index (κ2) is 4.78. The van der Waals surface area contributed by atoms with E-state index in [1.54, 1.807) is 0 Å². The molecule has 0 fully saturated rings. The lowest BCUT2D eigenvalue weighted by Gasteiger charge is -2.05. The summed E-state index contributed by atoms with van der Waals surface area (Å²) in [6, 6.07) is 7.13. The number of carbonyl (C=O) groups excluding carboxylic acids is 1. The zero-order valence-corrected chi connectivity index (χ0v) is 8.60. The minimum absolute atomic E-state index is 0.0469. The molecule has 0 N–H and O–H groups in total. The Hall–Kier alpha value is -2.17. The summed E-state index contributed by atoms with van der Waals surface area (Å²) < 4.78 is 33.0. The molecule has 0 radical (unpaired) electrons. The summed E-state index contributed by atoms with van der Waals surface area (Å²) >= 11 is 0. The fourth-order valence-electron chi connectivity index (χ4n) is 1.37. The summed E-state index contributed by atoms with van der Waals surface area (Å²) in [4.78, 5) is 11.8. The van der Waals surface area contributed by atoms with E-state index in [-0.39, 0.29) is 17.1 Å². The fraction of sp³-hybridized carbons (Fsp3) is 0.0833. The molecule has 3 nitrogen and oxygen atoms in total. The highest BCUT2D eigenvalue weighted by Gasteiger charge is 2.12. The van der Waals surface area contributed by atoms with E-state index >= 15 is 0 Å². The first-order valence-electron chi connectivity index (χ1n) is 4.78. The maximum Gasteiger partial charge on any atom is 0.387 e. The number of carbonyl (C=O) groups is 1. The number of rotatable bonds is 4. The lowest BCUT2D eigenvalue weighted by atomic mass is 10.1. The van der Waals surface area contributed by atoms with Gasteiger partial charge in [-0.15, -0.1) is 0 Å². The van der Waals surface area contributed by atoms with E-state index in [2.05, 4.69) is 4.74 Å². The van der Waals surface area contributed by atoms with Gasteiger partial charge in [-0.25, -0.2) is 0 Å². The Kier molecular flexibility index (Phi) is 3.18. The summed E-state index contributed by atoms with van der Waals surface area (Å²) in [6.45, 7) is -2.91. The van der Waals surface area contributed by atoms with Crippen molar-refractivity contribution in [2.24, 2.45) is 0 Å². The SMILES string of the molecule is O=C(c1ccoc1)c1cccc(OC(F)F)c1. The standard InChI is InChI=1S/C12H8F2O3/c13-12(14)17-10-3-1-2-8(6-10)11(15)9-4-5-16-7-9/h1-7,12H. The van der Waals surface area contributed by atoms with E-state index in [1.165, 1.54) is 42.9 Å². The maximum absolute atomic E-state index is 12.0. The third-order valence-corrected chi connectivity index (χ3v) is 2.10. The first-order chi connectivity index (χ1) is 8.16. The Bertz CT molecular complexity index is 506. The topological polar surface area (TPSA) is 39.4 Å². The number of alkyl halides is 2. The quantitative estimate of drug-likeness (QED) is 0.768. The maximum atomic E-state index is 12.0. The van der Waals surface area contributed by atoms with Crippen LogP contribution in [0.4, 0.5) is 8.78 Å². The van der Waals surface area contributed by atoms with Crippen LogP contribution in [0.2, 0.25) is 0 Å². The number of ketones is 1. The number of benzene rings is 1. The summed E-state index contributed by atoms with van der Waals surface area (Å²) in [6.07, 6.45) is 2.66. The molecule has 0 bridgehead atoms. The zero-order chi connectivity index (χ0) is 12.3. The van der Waals surface area contributed by atoms with Crippen molar-refractivity contribution in [3.05, 3.63) is 54.0 Å². The van der Waals surface area contributed by atoms with Crippen LogP contribution in [-0.2, 0) is 0 Å². The highest BCUT2D eigenvalue weighted by molar-refractivity contribution is 6.08. The third-order valence-electron chi connectivity index (χ3n) is 2.10. The number of furan rings is 1. The van der Waals surface area contributed by atoms with Crippen molar-refractivity contribution in [1.82, 2.24) is 0 Å². The average Bonchev–Trinajstić information content (AvgIpc) is 2.81. The molecule has 0 saturated carbocycles. The molecule has 5 heteroatoms. The summed E-state index contributed by atoms with van der Waals surface area (Å²) in [5.74, 6) is -0.354. The molecule has 0 aliphatic carbocycles. The third kappa shape index (κ3) is 2.69. The van der Waals surface area contributed by atoms with Crippen LogP contribution >= 0.6 is 0 Å². The molecule has 0 unspecified atom stereocenters. The largest absolute Gasteiger partial charge is 0.472 e. The molecule has 17 heavy (non-hydrogen) atoms. The summed E-state index contributed by atoms with van der Waals surface area (Å²) in [5, 5.41) is 0. The monoisotopic (exact) mass is 238 g/mol. The van der Waals surface area contributed by atoms with Crippen LogP contribution in [0.1, 0.15) is 15.9 Å². The molecule has 88 valence electrons. The Morgan fingerprint density at radius 2 is 2.06 bits per heavy atom. The highest BCUT2D eigenvalue weighted by Crippen LogP contribution is 2.18. The Morgan fingerprint density at radius 3 is 2.71 bits per heavy atom. The van der Waals surface area contributed by atoms with Gasteiger partial charge in [0.15, 0.2) is 5.78 Å². The predicted molar refractivity (Wildman–Crippen MR) is 55.2 cm³/mol. The molecule has 0 amide bonds. The molecular weight excluding hydrogens is 230 g/mol. The first kappa shape index (κ1) is 11.3. The Morgan fingerprint density at radius 1 is 1.24 bits per heavy atom. The van der Waals surface area contributed by atoms with E-state index < -0.39 is 6.61 Å². The van der Waals surface area contributed by atoms with Gasteiger partial charge in [0.2, 0.25) is 0 Å². The Labute approximate surface area is 95.6 Å². The molecule has 0 saturated heterocycles. The molecule has 0 atom stereocenters. The molecule has 0 aliphatic heterocycles. The van der Waals surface area contributed by atoms with Crippen LogP contribution < -0.4 is 4.74 Å². The van der Waals surface area contributed by atoms with Gasteiger partial charge in [0.25, 0.3) is 0 Å². The van der Waals surface area contributed by atoms with Gasteiger partial charge in [-0.05, 0) is 18.2 Å². The number of hydrogen-bond acceptors (Lipinski definition) is 3. The van der Waals surface area contributed by atoms with Gasteiger partial charge >= 0.3 is 6.61 Å². The van der Waals surface area contributed by atoms with Crippen LogP contribution in [0.3, 0.4) is 0 Å². The normalized spacial score (nSPS) is 10.5. The number of ether oxygens (including phenoxy) is 1. The van der Waals surface area contributed by atoms with Crippen molar-refractivity contribution in [2.45, 2.75) is 6.61 Å². The van der Waals surface area contributed by atoms with Crippen LogP contribution in [-0.4, -0.2) is 12.4 Å². The molecule has 1 aromatic heterocycles. The minimum atomic E-state index is -2.91. The average molecular weight is 238 g/mol. The summed E-state index contributed by atoms with van der Waals surface area (Å²) in [5.41, 5.74) is 0.628. The van der Waals surface area contributed by atoms with Crippen molar-refractivity contribution >= 4 is 5.78 Å². The van der Waals surface area contributed by atoms with Gasteiger partial charge in [0.1, 0.15) is 12.0 Å². The number of halogens is 2. The van der Waals surface area contributed by atoms with Gasteiger partial charge in [0.05, 0.1) is 11.8 Å². The second-order valence-electron chi connectivity index (χ2n) is 3.25. The van der Waals surface area contributed by atoms with Gasteiger partial charge in [-0.3, -0.25) is 4.79 Å². The van der Waals surface area contributed by atoms with Crippen LogP contribution in [0, 0.1) is 0 Å². The van der Waals surface area contributed by atoms with Crippen molar-refractivity contribution in [1.29, 1.82) is 0 Å². The van der Waals surface area contributed by atoms with Crippen LogP contribution in [0.25, 0.3) is 0 Å². The van der Waals surface area contributed by atoms with Gasteiger partial charge < -0.3 is 9.15 Å². The fourth-order valence-corrected chi connectivity index (χ4v) is 1.37. The molecule has 0 spiro atoms. The molecule has 0 aliphatic rings. The lowest BCUT2D eigenvalue weighted by molar-refractivity contribution is -0.0498. The van der Waals surface area contributed by atoms with Crippen molar-refractivity contribution < 1.29 is 22.7 Å². The highest BCUT2D eigenvalue weighted by atomic mass is 19.3. The van der Waals surface area contributed by atoms with Crippen LogP contribution in [0.15, 0.2) is 47.3 Å². The predicted octanol–water partition coefficient (Wildman–Crippen LogP) is 3.11. The van der Waals surface area contributed by atoms with Crippen molar-refractivity contribution in [3.63, 3.8) is 0 Å². The second-order valence-corrected chi connectivity index (χ2v) is 3.25. The van der Waals surface area contributed by atoms with E-state index in [9.17, 15) is 13.6 Å². The van der Waals surface area contributed by atoms with Gasteiger partial charge in [-0.1, -0.05) is 12.1 Å². The zero-order valence-electron chi connectivity index (χ0n) is 8.60. The smallest absolute Gasteiger partial charge is 0.387 e. The number of hydrogen-bond donors (Lipinski definition) is 0. The van der Waals surface area contributed by atoms with E-state index in [1.807, 2.05) is 0 Å². The lowest BCUT2D eigenvalue weighted by Crippen LogP contribution is -2.04. The van der Waals surface area contributed by atoms with E-state index in [4.69, 9.17) is 4.42 Å². The van der Waals surface area contributed by atoms with Crippen LogP contribution in [0.5, 0.6) is 5.75 Å². The first-order valence-corrected chi connectivity index (χ1v) is 4.78. The molecule has 2 rings (SSSR count). The molecular formula is C12H8F2O3. The molecule has 1 aromatic carbocycles. The van der Waals surface area contributed by atoms with Crippen molar-refractivity contribution in [2.75, 3.05) is 0 Å². The van der Waals surface area contributed by atoms with Gasteiger partial charge in [-0.2, -0.15) is 8.78 Å². The Balaban J connectivity index is 2.24. The summed E-state index contributed by atoms with van der Waals surface area (Å²) in [7, 11) is 0. The van der Waals surface area contributed by atoms with E-state index in [0.29, 0.717) is 5.56 Å². The van der Waals surface area contributed by atoms with E-state index in [0.717, 1.165) is 0 Å². The van der Waals surface area contributed by atoms with Crippen molar-refractivity contribution in [3.8, 4) is 5.75 Å².